The van der Waals surface area contributed by atoms with E-state index in [1.54, 1.807) is 0 Å². The zero-order valence-corrected chi connectivity index (χ0v) is 11.2. The highest BCUT2D eigenvalue weighted by molar-refractivity contribution is 5.79. The summed E-state index contributed by atoms with van der Waals surface area (Å²) in [4.78, 5) is 13.8. The summed E-state index contributed by atoms with van der Waals surface area (Å²) in [6, 6.07) is 5.67. The summed E-state index contributed by atoms with van der Waals surface area (Å²) in [5, 5.41) is 0. The Morgan fingerprint density at radius 3 is 2.89 bits per heavy atom. The fourth-order valence-electron chi connectivity index (χ4n) is 2.45. The van der Waals surface area contributed by atoms with Crippen LogP contribution in [0, 0.1) is 0 Å². The number of nitrogen functional groups attached to an aromatic ring is 1. The maximum absolute atomic E-state index is 5.76. The van der Waals surface area contributed by atoms with Crippen molar-refractivity contribution in [1.82, 2.24) is 14.9 Å². The molecular weight excluding hydrogens is 238 g/mol. The number of nitrogens with two attached hydrogens (primary N) is 1. The minimum absolute atomic E-state index is 0.728. The summed E-state index contributed by atoms with van der Waals surface area (Å²) in [5.41, 5.74) is 8.25. The van der Waals surface area contributed by atoms with E-state index in [2.05, 4.69) is 21.8 Å². The van der Waals surface area contributed by atoms with E-state index in [9.17, 15) is 0 Å². The molecule has 5 heteroatoms. The van der Waals surface area contributed by atoms with Gasteiger partial charge in [0.05, 0.1) is 17.2 Å². The molecule has 1 aromatic carbocycles. The molecule has 5 nitrogen and oxygen atoms in total. The fraction of sp³-hybridized carbons (Fsp3) is 0.429. The summed E-state index contributed by atoms with van der Waals surface area (Å²) < 4.78 is 0. The number of rotatable bonds is 1. The molecule has 0 saturated carbocycles. The van der Waals surface area contributed by atoms with Crippen LogP contribution in [0.25, 0.3) is 11.0 Å². The molecule has 1 aliphatic heterocycles. The first-order chi connectivity index (χ1) is 9.22. The SMILES string of the molecule is CN1CCCN(c2cnc3cc(N)ccc3n2)CC1. The van der Waals surface area contributed by atoms with E-state index in [1.807, 2.05) is 24.4 Å². The highest BCUT2D eigenvalue weighted by Crippen LogP contribution is 2.18. The zero-order chi connectivity index (χ0) is 13.2. The van der Waals surface area contributed by atoms with Gasteiger partial charge in [-0.25, -0.2) is 4.98 Å². The van der Waals surface area contributed by atoms with Gasteiger partial charge < -0.3 is 15.5 Å². The molecule has 2 aromatic rings. The minimum Gasteiger partial charge on any atom is -0.399 e. The van der Waals surface area contributed by atoms with Crippen molar-refractivity contribution in [3.05, 3.63) is 24.4 Å². The van der Waals surface area contributed by atoms with Crippen LogP contribution in [0.5, 0.6) is 0 Å². The van der Waals surface area contributed by atoms with Gasteiger partial charge in [-0.05, 0) is 38.2 Å². The van der Waals surface area contributed by atoms with Gasteiger partial charge in [-0.2, -0.15) is 0 Å². The fourth-order valence-corrected chi connectivity index (χ4v) is 2.45. The Balaban J connectivity index is 1.90. The number of hydrogen-bond donors (Lipinski definition) is 1. The average Bonchev–Trinajstić information content (AvgIpc) is 2.63. The Kier molecular flexibility index (Phi) is 3.21. The predicted octanol–water partition coefficient (Wildman–Crippen LogP) is 1.35. The molecule has 0 amide bonds. The summed E-state index contributed by atoms with van der Waals surface area (Å²) in [6.45, 7) is 4.26. The van der Waals surface area contributed by atoms with Gasteiger partial charge in [0.1, 0.15) is 5.82 Å². The van der Waals surface area contributed by atoms with Crippen LogP contribution in [0.15, 0.2) is 24.4 Å². The molecule has 0 atom stereocenters. The van der Waals surface area contributed by atoms with E-state index < -0.39 is 0 Å². The topological polar surface area (TPSA) is 58.3 Å². The molecule has 1 fully saturated rings. The number of benzene rings is 1. The Bertz CT molecular complexity index is 583. The van der Waals surface area contributed by atoms with E-state index in [4.69, 9.17) is 10.7 Å². The maximum Gasteiger partial charge on any atom is 0.147 e. The van der Waals surface area contributed by atoms with Crippen LogP contribution in [0.1, 0.15) is 6.42 Å². The van der Waals surface area contributed by atoms with E-state index in [-0.39, 0.29) is 0 Å². The molecule has 100 valence electrons. The molecule has 0 bridgehead atoms. The van der Waals surface area contributed by atoms with Crippen molar-refractivity contribution in [2.45, 2.75) is 6.42 Å². The standard InChI is InChI=1S/C14H19N5/c1-18-5-2-6-19(8-7-18)14-10-16-13-9-11(15)3-4-12(13)17-14/h3-4,9-10H,2,5-8,15H2,1H3. The molecule has 0 unspecified atom stereocenters. The van der Waals surface area contributed by atoms with Crippen molar-refractivity contribution in [2.24, 2.45) is 0 Å². The Morgan fingerprint density at radius 2 is 2.00 bits per heavy atom. The smallest absolute Gasteiger partial charge is 0.147 e. The van der Waals surface area contributed by atoms with E-state index in [1.165, 1.54) is 0 Å². The lowest BCUT2D eigenvalue weighted by molar-refractivity contribution is 0.360. The molecule has 3 rings (SSSR count). The first-order valence-corrected chi connectivity index (χ1v) is 6.68. The third-order valence-electron chi connectivity index (χ3n) is 3.60. The first-order valence-electron chi connectivity index (χ1n) is 6.68. The molecule has 1 aliphatic rings. The predicted molar refractivity (Wildman–Crippen MR) is 78.3 cm³/mol. The second kappa shape index (κ2) is 5.01. The molecule has 0 aliphatic carbocycles. The van der Waals surface area contributed by atoms with Crippen LogP contribution in [0.4, 0.5) is 11.5 Å². The van der Waals surface area contributed by atoms with Crippen molar-refractivity contribution in [3.8, 4) is 0 Å². The third-order valence-corrected chi connectivity index (χ3v) is 3.60. The Labute approximate surface area is 113 Å². The largest absolute Gasteiger partial charge is 0.399 e. The van der Waals surface area contributed by atoms with Gasteiger partial charge in [0, 0.05) is 25.3 Å². The van der Waals surface area contributed by atoms with Crippen LogP contribution in [-0.2, 0) is 0 Å². The Hall–Kier alpha value is -1.88. The van der Waals surface area contributed by atoms with Gasteiger partial charge in [-0.3, -0.25) is 4.98 Å². The van der Waals surface area contributed by atoms with Gasteiger partial charge in [0.25, 0.3) is 0 Å². The zero-order valence-electron chi connectivity index (χ0n) is 11.2. The van der Waals surface area contributed by atoms with Crippen molar-refractivity contribution >= 4 is 22.5 Å². The molecule has 2 heterocycles. The number of likely N-dealkylation sites (N-methyl/N-ethyl adjacent to an activating group) is 1. The lowest BCUT2D eigenvalue weighted by Crippen LogP contribution is -2.29. The van der Waals surface area contributed by atoms with Gasteiger partial charge >= 0.3 is 0 Å². The van der Waals surface area contributed by atoms with Gasteiger partial charge in [-0.15, -0.1) is 0 Å². The Morgan fingerprint density at radius 1 is 1.11 bits per heavy atom. The molecule has 19 heavy (non-hydrogen) atoms. The second-order valence-electron chi connectivity index (χ2n) is 5.12. The molecule has 1 aromatic heterocycles. The normalized spacial score (nSPS) is 17.6. The van der Waals surface area contributed by atoms with E-state index >= 15 is 0 Å². The molecule has 0 radical (unpaired) electrons. The number of hydrogen-bond acceptors (Lipinski definition) is 5. The molecule has 2 N–H and O–H groups in total. The molecular formula is C14H19N5. The van der Waals surface area contributed by atoms with Crippen LogP contribution >= 0.6 is 0 Å². The van der Waals surface area contributed by atoms with Crippen molar-refractivity contribution in [3.63, 3.8) is 0 Å². The van der Waals surface area contributed by atoms with E-state index in [0.717, 1.165) is 55.1 Å². The van der Waals surface area contributed by atoms with Crippen molar-refractivity contribution in [2.75, 3.05) is 43.9 Å². The average molecular weight is 257 g/mol. The lowest BCUT2D eigenvalue weighted by Gasteiger charge is -2.21. The van der Waals surface area contributed by atoms with Crippen LogP contribution in [0.3, 0.4) is 0 Å². The lowest BCUT2D eigenvalue weighted by atomic mass is 10.2. The van der Waals surface area contributed by atoms with Crippen molar-refractivity contribution in [1.29, 1.82) is 0 Å². The summed E-state index contributed by atoms with van der Waals surface area (Å²) in [6.07, 6.45) is 3.02. The van der Waals surface area contributed by atoms with Gasteiger partial charge in [0.2, 0.25) is 0 Å². The number of aromatic nitrogens is 2. The number of fused-ring (bicyclic) bond motifs is 1. The highest BCUT2D eigenvalue weighted by atomic mass is 15.2. The van der Waals surface area contributed by atoms with E-state index in [0.29, 0.717) is 0 Å². The third kappa shape index (κ3) is 2.61. The number of nitrogens with zero attached hydrogens (tertiary/aromatic N) is 4. The summed E-state index contributed by atoms with van der Waals surface area (Å²) in [5.74, 6) is 0.965. The molecule has 0 spiro atoms. The van der Waals surface area contributed by atoms with Gasteiger partial charge in [-0.1, -0.05) is 0 Å². The van der Waals surface area contributed by atoms with Crippen LogP contribution < -0.4 is 10.6 Å². The first kappa shape index (κ1) is 12.2. The maximum atomic E-state index is 5.76. The number of anilines is 2. The monoisotopic (exact) mass is 257 g/mol. The molecule has 1 saturated heterocycles. The second-order valence-corrected chi connectivity index (χ2v) is 5.12. The minimum atomic E-state index is 0.728. The summed E-state index contributed by atoms with van der Waals surface area (Å²) >= 11 is 0. The van der Waals surface area contributed by atoms with Gasteiger partial charge in [0.15, 0.2) is 0 Å². The van der Waals surface area contributed by atoms with Crippen LogP contribution in [-0.4, -0.2) is 48.1 Å². The quantitative estimate of drug-likeness (QED) is 0.782. The summed E-state index contributed by atoms with van der Waals surface area (Å²) in [7, 11) is 2.17. The van der Waals surface area contributed by atoms with Crippen LogP contribution in [0.2, 0.25) is 0 Å². The van der Waals surface area contributed by atoms with Crippen molar-refractivity contribution < 1.29 is 0 Å². The highest BCUT2D eigenvalue weighted by Gasteiger charge is 2.14.